The molecular formula is C17H18ClN. The van der Waals surface area contributed by atoms with Gasteiger partial charge in [-0.15, -0.1) is 0 Å². The Balaban J connectivity index is 2.35. The summed E-state index contributed by atoms with van der Waals surface area (Å²) in [5.41, 5.74) is 3.57. The Morgan fingerprint density at radius 1 is 1.16 bits per heavy atom. The lowest BCUT2D eigenvalue weighted by Gasteiger charge is -2.14. The standard InChI is InChI=1S/C17H18ClN/c1-3-13(2)17-15(5-4-6-16(17)18)8-7-14-9-11-19-12-10-14/h4-13H,3H2,1-2H3/b8-7-. The molecule has 2 aromatic rings. The number of hydrogen-bond acceptors (Lipinski definition) is 1. The van der Waals surface area contributed by atoms with Gasteiger partial charge in [-0.1, -0.05) is 49.7 Å². The van der Waals surface area contributed by atoms with E-state index >= 15 is 0 Å². The molecule has 0 N–H and O–H groups in total. The average molecular weight is 272 g/mol. The van der Waals surface area contributed by atoms with Gasteiger partial charge in [-0.2, -0.15) is 0 Å². The highest BCUT2D eigenvalue weighted by Gasteiger charge is 2.11. The number of nitrogens with zero attached hydrogens (tertiary/aromatic N) is 1. The van der Waals surface area contributed by atoms with Crippen LogP contribution >= 0.6 is 11.6 Å². The largest absolute Gasteiger partial charge is 0.265 e. The van der Waals surface area contributed by atoms with Gasteiger partial charge in [-0.3, -0.25) is 4.98 Å². The Kier molecular flexibility index (Phi) is 4.75. The van der Waals surface area contributed by atoms with Crippen molar-refractivity contribution in [3.63, 3.8) is 0 Å². The van der Waals surface area contributed by atoms with Crippen molar-refractivity contribution in [2.45, 2.75) is 26.2 Å². The number of aromatic nitrogens is 1. The van der Waals surface area contributed by atoms with Gasteiger partial charge in [0.25, 0.3) is 0 Å². The van der Waals surface area contributed by atoms with Crippen LogP contribution in [0.3, 0.4) is 0 Å². The molecule has 1 nitrogen and oxygen atoms in total. The number of pyridine rings is 1. The quantitative estimate of drug-likeness (QED) is 0.724. The predicted molar refractivity (Wildman–Crippen MR) is 83.3 cm³/mol. The van der Waals surface area contributed by atoms with Crippen LogP contribution in [0.15, 0.2) is 42.7 Å². The summed E-state index contributed by atoms with van der Waals surface area (Å²) in [6, 6.07) is 10.1. The molecule has 0 aliphatic carbocycles. The third-order valence-corrected chi connectivity index (χ3v) is 3.68. The van der Waals surface area contributed by atoms with Crippen LogP contribution in [0.1, 0.15) is 42.9 Å². The Morgan fingerprint density at radius 3 is 2.58 bits per heavy atom. The van der Waals surface area contributed by atoms with Gasteiger partial charge < -0.3 is 0 Å². The zero-order valence-electron chi connectivity index (χ0n) is 11.3. The second-order valence-electron chi connectivity index (χ2n) is 4.67. The van der Waals surface area contributed by atoms with Crippen LogP contribution in [-0.4, -0.2) is 4.98 Å². The molecule has 1 unspecified atom stereocenters. The Bertz CT molecular complexity index is 561. The summed E-state index contributed by atoms with van der Waals surface area (Å²) < 4.78 is 0. The molecule has 1 heterocycles. The number of benzene rings is 1. The van der Waals surface area contributed by atoms with Crippen molar-refractivity contribution in [1.29, 1.82) is 0 Å². The second-order valence-corrected chi connectivity index (χ2v) is 5.07. The molecule has 0 spiro atoms. The van der Waals surface area contributed by atoms with Crippen molar-refractivity contribution in [2.24, 2.45) is 0 Å². The van der Waals surface area contributed by atoms with E-state index in [0.29, 0.717) is 5.92 Å². The van der Waals surface area contributed by atoms with Crippen LogP contribution in [0.2, 0.25) is 5.02 Å². The van der Waals surface area contributed by atoms with Gasteiger partial charge in [0, 0.05) is 17.4 Å². The van der Waals surface area contributed by atoms with Crippen molar-refractivity contribution in [2.75, 3.05) is 0 Å². The minimum atomic E-state index is 0.464. The Labute approximate surface area is 120 Å². The molecule has 1 atom stereocenters. The van der Waals surface area contributed by atoms with Crippen LogP contribution in [0.5, 0.6) is 0 Å². The zero-order chi connectivity index (χ0) is 13.7. The summed E-state index contributed by atoms with van der Waals surface area (Å²) >= 11 is 6.34. The van der Waals surface area contributed by atoms with Gasteiger partial charge in [-0.25, -0.2) is 0 Å². The van der Waals surface area contributed by atoms with E-state index in [1.54, 1.807) is 12.4 Å². The van der Waals surface area contributed by atoms with E-state index in [2.05, 4.69) is 37.0 Å². The topological polar surface area (TPSA) is 12.9 Å². The van der Waals surface area contributed by atoms with Crippen LogP contribution in [0, 0.1) is 0 Å². The van der Waals surface area contributed by atoms with Gasteiger partial charge in [0.15, 0.2) is 0 Å². The molecule has 2 heteroatoms. The summed E-state index contributed by atoms with van der Waals surface area (Å²) in [6.07, 6.45) is 8.90. The highest BCUT2D eigenvalue weighted by atomic mass is 35.5. The molecular weight excluding hydrogens is 254 g/mol. The van der Waals surface area contributed by atoms with Gasteiger partial charge in [0.2, 0.25) is 0 Å². The molecule has 0 aliphatic heterocycles. The lowest BCUT2D eigenvalue weighted by atomic mass is 9.93. The van der Waals surface area contributed by atoms with Crippen molar-refractivity contribution in [3.8, 4) is 0 Å². The third-order valence-electron chi connectivity index (χ3n) is 3.35. The maximum atomic E-state index is 6.34. The molecule has 0 fully saturated rings. The molecule has 2 rings (SSSR count). The smallest absolute Gasteiger partial charge is 0.0446 e. The second kappa shape index (κ2) is 6.53. The fourth-order valence-corrected chi connectivity index (χ4v) is 2.45. The maximum absolute atomic E-state index is 6.34. The van der Waals surface area contributed by atoms with E-state index < -0.39 is 0 Å². The summed E-state index contributed by atoms with van der Waals surface area (Å²) in [4.78, 5) is 4.02. The minimum absolute atomic E-state index is 0.464. The Hall–Kier alpha value is -1.60. The highest BCUT2D eigenvalue weighted by molar-refractivity contribution is 6.31. The summed E-state index contributed by atoms with van der Waals surface area (Å²) in [5, 5.41) is 0.853. The van der Waals surface area contributed by atoms with E-state index in [4.69, 9.17) is 11.6 Å². The normalized spacial score (nSPS) is 12.8. The molecule has 0 radical (unpaired) electrons. The molecule has 1 aromatic heterocycles. The molecule has 0 saturated heterocycles. The van der Waals surface area contributed by atoms with Gasteiger partial charge in [0.05, 0.1) is 0 Å². The SMILES string of the molecule is CCC(C)c1c(Cl)cccc1/C=C\c1ccncc1. The zero-order valence-corrected chi connectivity index (χ0v) is 12.1. The van der Waals surface area contributed by atoms with E-state index in [1.165, 1.54) is 11.1 Å². The van der Waals surface area contributed by atoms with Gasteiger partial charge in [-0.05, 0) is 47.2 Å². The van der Waals surface area contributed by atoms with Crippen molar-refractivity contribution in [1.82, 2.24) is 4.98 Å². The molecule has 98 valence electrons. The summed E-state index contributed by atoms with van der Waals surface area (Å²) in [6.45, 7) is 4.40. The van der Waals surface area contributed by atoms with Crippen LogP contribution in [0.25, 0.3) is 12.2 Å². The molecule has 0 aliphatic rings. The van der Waals surface area contributed by atoms with E-state index in [9.17, 15) is 0 Å². The number of hydrogen-bond donors (Lipinski definition) is 0. The molecule has 0 bridgehead atoms. The number of rotatable bonds is 4. The van der Waals surface area contributed by atoms with Crippen LogP contribution in [-0.2, 0) is 0 Å². The van der Waals surface area contributed by atoms with Crippen molar-refractivity contribution >= 4 is 23.8 Å². The van der Waals surface area contributed by atoms with Crippen molar-refractivity contribution in [3.05, 3.63) is 64.4 Å². The summed E-state index contributed by atoms with van der Waals surface area (Å²) in [5.74, 6) is 0.464. The van der Waals surface area contributed by atoms with E-state index in [0.717, 1.165) is 17.0 Å². The fourth-order valence-electron chi connectivity index (χ4n) is 2.08. The molecule has 1 aromatic carbocycles. The van der Waals surface area contributed by atoms with E-state index in [1.807, 2.05) is 24.3 Å². The molecule has 0 saturated carbocycles. The lowest BCUT2D eigenvalue weighted by molar-refractivity contribution is 0.732. The first-order valence-electron chi connectivity index (χ1n) is 6.59. The fraction of sp³-hybridized carbons (Fsp3) is 0.235. The van der Waals surface area contributed by atoms with Crippen LogP contribution in [0.4, 0.5) is 0 Å². The van der Waals surface area contributed by atoms with Gasteiger partial charge in [0.1, 0.15) is 0 Å². The first-order valence-corrected chi connectivity index (χ1v) is 6.96. The predicted octanol–water partition coefficient (Wildman–Crippen LogP) is 5.42. The monoisotopic (exact) mass is 271 g/mol. The Morgan fingerprint density at radius 2 is 1.89 bits per heavy atom. The van der Waals surface area contributed by atoms with Crippen LogP contribution < -0.4 is 0 Å². The first-order chi connectivity index (χ1) is 9.22. The highest BCUT2D eigenvalue weighted by Crippen LogP contribution is 2.31. The maximum Gasteiger partial charge on any atom is 0.0446 e. The average Bonchev–Trinajstić information content (AvgIpc) is 2.45. The number of halogens is 1. The third kappa shape index (κ3) is 3.45. The van der Waals surface area contributed by atoms with Gasteiger partial charge >= 0.3 is 0 Å². The molecule has 19 heavy (non-hydrogen) atoms. The lowest BCUT2D eigenvalue weighted by Crippen LogP contribution is -1.96. The van der Waals surface area contributed by atoms with E-state index in [-0.39, 0.29) is 0 Å². The minimum Gasteiger partial charge on any atom is -0.265 e. The first kappa shape index (κ1) is 13.8. The van der Waals surface area contributed by atoms with Crippen molar-refractivity contribution < 1.29 is 0 Å². The summed E-state index contributed by atoms with van der Waals surface area (Å²) in [7, 11) is 0. The molecule has 0 amide bonds.